The Kier molecular flexibility index (Phi) is 29.0. The first-order valence-corrected chi connectivity index (χ1v) is 14.2. The van der Waals surface area contributed by atoms with Gasteiger partial charge in [-0.05, 0) is 71.9 Å². The van der Waals surface area contributed by atoms with Gasteiger partial charge in [0, 0.05) is 12.1 Å². The van der Waals surface area contributed by atoms with Crippen molar-refractivity contribution in [1.82, 2.24) is 0 Å². The maximum Gasteiger partial charge on any atom is 0.337 e. The maximum atomic E-state index is 12.3. The van der Waals surface area contributed by atoms with Crippen LogP contribution in [-0.4, -0.2) is 56.7 Å². The number of carbonyl (C=O) groups excluding carboxylic acids is 4. The van der Waals surface area contributed by atoms with Gasteiger partial charge in [0.05, 0.1) is 24.5 Å². The molecule has 0 saturated heterocycles. The molecule has 2 amide bonds. The van der Waals surface area contributed by atoms with Gasteiger partial charge in [0.15, 0.2) is 5.75 Å². The normalized spacial score (nSPS) is 11.0. The largest absolute Gasteiger partial charge is 0.465 e. The number of allylic oxidation sites excluding steroid dienone is 5. The van der Waals surface area contributed by atoms with Crippen molar-refractivity contribution in [3.63, 3.8) is 0 Å². The summed E-state index contributed by atoms with van der Waals surface area (Å²) in [4.78, 5) is 59.4. The topological polar surface area (TPSA) is 138 Å². The minimum atomic E-state index is -1.09. The summed E-state index contributed by atoms with van der Waals surface area (Å²) >= 11 is 0. The number of anilines is 1. The van der Waals surface area contributed by atoms with Gasteiger partial charge in [-0.2, -0.15) is 0 Å². The van der Waals surface area contributed by atoms with Crippen LogP contribution in [0.4, 0.5) is 5.69 Å². The Morgan fingerprint density at radius 1 is 1.04 bits per heavy atom. The third-order valence-corrected chi connectivity index (χ3v) is 4.78. The van der Waals surface area contributed by atoms with Gasteiger partial charge >= 0.3 is 17.8 Å². The zero-order chi connectivity index (χ0) is 35.2. The number of carbonyl (C=O) groups is 4. The second-order valence-corrected chi connectivity index (χ2v) is 8.16. The lowest BCUT2D eigenvalue weighted by Gasteiger charge is -2.23. The fraction of sp³-hybridized carbons (Fsp3) is 0.412. The third-order valence-electron chi connectivity index (χ3n) is 4.78. The standard InChI is InChI=1S/C25H30N2O9.C4H8.C3H4.C2H6/c1-6-8-12-34-24(30)16-35-17(3)13-20(9-7-2)36-22-11-10-19(25(31)33-5)14-21(22)27(18(4)28)15-23(29)26-32;1-3-4-2;1-3-2;1-2/h6-11,13-14,17H,12,15-16H2,1-5H3;3-4H,1-2H3;1H,2H3;1-2H3/b8-6+,9-7-,20-13+;4-3-;;. The molecule has 0 saturated carbocycles. The molecule has 0 aromatic heterocycles. The predicted molar refractivity (Wildman–Crippen MR) is 178 cm³/mol. The van der Waals surface area contributed by atoms with Crippen molar-refractivity contribution in [3.05, 3.63) is 77.0 Å². The summed E-state index contributed by atoms with van der Waals surface area (Å²) in [6.45, 7) is 15.3. The average molecular weight is 629 g/mol. The summed E-state index contributed by atoms with van der Waals surface area (Å²) in [7, 11) is 1.19. The number of terminal acetylenes is 1. The zero-order valence-electron chi connectivity index (χ0n) is 28.1. The Balaban J connectivity index is -0.00000174. The molecule has 0 aliphatic heterocycles. The van der Waals surface area contributed by atoms with Crippen molar-refractivity contribution < 1.29 is 38.1 Å². The molecule has 1 aromatic rings. The number of ether oxygens (including phenoxy) is 4. The number of hydrogen-bond acceptors (Lipinski definition) is 9. The van der Waals surface area contributed by atoms with E-state index in [1.165, 1.54) is 32.2 Å². The first kappa shape index (κ1) is 44.6. The van der Waals surface area contributed by atoms with Crippen molar-refractivity contribution in [2.75, 3.05) is 31.8 Å². The molecule has 1 unspecified atom stereocenters. The van der Waals surface area contributed by atoms with Crippen molar-refractivity contribution in [1.29, 1.82) is 0 Å². The molecular formula is C34H48N2O9. The molecule has 0 fully saturated rings. The third kappa shape index (κ3) is 21.5. The van der Waals surface area contributed by atoms with Crippen LogP contribution < -0.4 is 9.64 Å². The van der Waals surface area contributed by atoms with Crippen molar-refractivity contribution in [2.45, 2.75) is 68.4 Å². The highest BCUT2D eigenvalue weighted by atomic mass is 16.6. The van der Waals surface area contributed by atoms with E-state index in [1.807, 2.05) is 39.8 Å². The quantitative estimate of drug-likeness (QED) is 0.0581. The van der Waals surface area contributed by atoms with Crippen molar-refractivity contribution in [3.8, 4) is 18.1 Å². The lowest BCUT2D eigenvalue weighted by Crippen LogP contribution is -2.33. The molecule has 0 radical (unpaired) electrons. The van der Waals surface area contributed by atoms with E-state index in [4.69, 9.17) is 18.9 Å². The second-order valence-electron chi connectivity index (χ2n) is 8.16. The van der Waals surface area contributed by atoms with E-state index in [9.17, 15) is 24.1 Å². The second kappa shape index (κ2) is 29.3. The molecule has 0 aliphatic rings. The molecule has 0 N–H and O–H groups in total. The van der Waals surface area contributed by atoms with E-state index < -0.39 is 36.4 Å². The lowest BCUT2D eigenvalue weighted by molar-refractivity contribution is -0.148. The average Bonchev–Trinajstić information content (AvgIpc) is 3.03. The smallest absolute Gasteiger partial charge is 0.337 e. The van der Waals surface area contributed by atoms with Crippen LogP contribution in [0.5, 0.6) is 5.75 Å². The molecular weight excluding hydrogens is 580 g/mol. The molecule has 1 aromatic carbocycles. The van der Waals surface area contributed by atoms with E-state index in [-0.39, 0.29) is 36.0 Å². The summed E-state index contributed by atoms with van der Waals surface area (Å²) in [5.74, 6) is -0.274. The van der Waals surface area contributed by atoms with Gasteiger partial charge in [-0.3, -0.25) is 14.5 Å². The van der Waals surface area contributed by atoms with E-state index in [1.54, 1.807) is 58.1 Å². The van der Waals surface area contributed by atoms with Crippen LogP contribution in [0.3, 0.4) is 0 Å². The van der Waals surface area contributed by atoms with Crippen LogP contribution in [-0.2, 0) is 28.6 Å². The van der Waals surface area contributed by atoms with Crippen LogP contribution in [0.25, 0.3) is 0 Å². The summed E-state index contributed by atoms with van der Waals surface area (Å²) in [6, 6.07) is 4.13. The molecule has 1 atom stereocenters. The first-order valence-electron chi connectivity index (χ1n) is 14.2. The SMILES string of the molecule is C#CC.C/C=C\C.C/C=C\C(=C/C(C)OCC(=O)OC/C=C/C)Oc1ccc(C(=O)OC)cc1N(CC(=O)N=O)C(C)=O.CC. The van der Waals surface area contributed by atoms with Crippen molar-refractivity contribution in [2.24, 2.45) is 5.18 Å². The van der Waals surface area contributed by atoms with Crippen molar-refractivity contribution >= 4 is 29.4 Å². The minimum Gasteiger partial charge on any atom is -0.465 e. The van der Waals surface area contributed by atoms with Gasteiger partial charge in [-0.1, -0.05) is 44.2 Å². The summed E-state index contributed by atoms with van der Waals surface area (Å²) in [6.07, 6.45) is 16.3. The Morgan fingerprint density at radius 3 is 2.11 bits per heavy atom. The molecule has 11 heteroatoms. The van der Waals surface area contributed by atoms with Gasteiger partial charge in [-0.25, -0.2) is 9.59 Å². The Hall–Kier alpha value is -4.82. The predicted octanol–water partition coefficient (Wildman–Crippen LogP) is 6.73. The minimum absolute atomic E-state index is 0.0407. The van der Waals surface area contributed by atoms with Gasteiger partial charge in [0.1, 0.15) is 25.5 Å². The van der Waals surface area contributed by atoms with Gasteiger partial charge < -0.3 is 18.9 Å². The van der Waals surface area contributed by atoms with Gasteiger partial charge in [0.25, 0.3) is 0 Å². The maximum absolute atomic E-state index is 12.3. The van der Waals surface area contributed by atoms with Crippen LogP contribution >= 0.6 is 0 Å². The van der Waals surface area contributed by atoms with E-state index in [0.717, 1.165) is 4.90 Å². The molecule has 0 aliphatic carbocycles. The number of methoxy groups -OCH3 is 1. The molecule has 11 nitrogen and oxygen atoms in total. The van der Waals surface area contributed by atoms with Crippen LogP contribution in [0.1, 0.15) is 72.7 Å². The molecule has 1 rings (SSSR count). The van der Waals surface area contributed by atoms with E-state index >= 15 is 0 Å². The highest BCUT2D eigenvalue weighted by Crippen LogP contribution is 2.32. The van der Waals surface area contributed by atoms with Crippen LogP contribution in [0.15, 0.2) is 71.7 Å². The number of benzene rings is 1. The van der Waals surface area contributed by atoms with Gasteiger partial charge in [0.2, 0.25) is 5.91 Å². The Bertz CT molecular complexity index is 1200. The number of nitrogens with zero attached hydrogens (tertiary/aromatic N) is 2. The number of amides is 2. The van der Waals surface area contributed by atoms with Crippen LogP contribution in [0, 0.1) is 17.3 Å². The lowest BCUT2D eigenvalue weighted by atomic mass is 10.1. The molecule has 248 valence electrons. The first-order chi connectivity index (χ1) is 21.5. The molecule has 45 heavy (non-hydrogen) atoms. The fourth-order valence-corrected chi connectivity index (χ4v) is 2.76. The zero-order valence-corrected chi connectivity index (χ0v) is 28.1. The number of rotatable bonds is 13. The summed E-state index contributed by atoms with van der Waals surface area (Å²) in [5.41, 5.74) is 0.126. The monoisotopic (exact) mass is 628 g/mol. The highest BCUT2D eigenvalue weighted by Gasteiger charge is 2.23. The van der Waals surface area contributed by atoms with Crippen LogP contribution in [0.2, 0.25) is 0 Å². The Labute approximate surface area is 267 Å². The van der Waals surface area contributed by atoms with Gasteiger partial charge in [-0.15, -0.1) is 17.3 Å². The molecule has 0 bridgehead atoms. The van der Waals surface area contributed by atoms with E-state index in [2.05, 4.69) is 17.5 Å². The number of esters is 2. The number of nitroso groups, excluding NO2 is 1. The highest BCUT2D eigenvalue weighted by molar-refractivity contribution is 6.00. The fourth-order valence-electron chi connectivity index (χ4n) is 2.76. The molecule has 0 spiro atoms. The summed E-state index contributed by atoms with van der Waals surface area (Å²) < 4.78 is 21.2. The Morgan fingerprint density at radius 2 is 1.64 bits per heavy atom. The molecule has 0 heterocycles. The number of hydrogen-bond donors (Lipinski definition) is 0. The summed E-state index contributed by atoms with van der Waals surface area (Å²) in [5, 5.41) is 2.33. The van der Waals surface area contributed by atoms with E-state index in [0.29, 0.717) is 0 Å².